The van der Waals surface area contributed by atoms with Crippen molar-refractivity contribution in [1.82, 2.24) is 0 Å². The summed E-state index contributed by atoms with van der Waals surface area (Å²) in [6.07, 6.45) is 0. The predicted octanol–water partition coefficient (Wildman–Crippen LogP) is 3.31. The quantitative estimate of drug-likeness (QED) is 0.470. The highest BCUT2D eigenvalue weighted by atomic mass is 16.6. The molecule has 2 aromatic rings. The van der Waals surface area contributed by atoms with Gasteiger partial charge in [-0.1, -0.05) is 6.58 Å². The summed E-state index contributed by atoms with van der Waals surface area (Å²) in [6.45, 7) is 5.39. The first kappa shape index (κ1) is 18.7. The monoisotopic (exact) mass is 350 g/mol. The van der Waals surface area contributed by atoms with Gasteiger partial charge >= 0.3 is 5.97 Å². The van der Waals surface area contributed by atoms with Gasteiger partial charge in [0.05, 0.1) is 11.6 Å². The number of hydrogen-bond acceptors (Lipinski definition) is 5. The number of nitrogens with zero attached hydrogens (tertiary/aromatic N) is 1. The molecule has 0 spiro atoms. The molecule has 0 aromatic heterocycles. The van der Waals surface area contributed by atoms with E-state index in [0.717, 1.165) is 0 Å². The van der Waals surface area contributed by atoms with Gasteiger partial charge in [-0.2, -0.15) is 5.26 Å². The van der Waals surface area contributed by atoms with E-state index in [2.05, 4.69) is 11.9 Å². The molecule has 0 bridgehead atoms. The van der Waals surface area contributed by atoms with Gasteiger partial charge in [0.1, 0.15) is 19.0 Å². The summed E-state index contributed by atoms with van der Waals surface area (Å²) in [6, 6.07) is 15.2. The smallest absolute Gasteiger partial charge is 0.333 e. The van der Waals surface area contributed by atoms with Gasteiger partial charge in [-0.25, -0.2) is 4.79 Å². The summed E-state index contributed by atoms with van der Waals surface area (Å²) in [5.41, 5.74) is 1.94. The molecule has 132 valence electrons. The highest BCUT2D eigenvalue weighted by Gasteiger charge is 2.07. The normalized spacial score (nSPS) is 9.69. The van der Waals surface area contributed by atoms with E-state index in [0.29, 0.717) is 28.1 Å². The van der Waals surface area contributed by atoms with E-state index >= 15 is 0 Å². The fourth-order valence-corrected chi connectivity index (χ4v) is 1.95. The summed E-state index contributed by atoms with van der Waals surface area (Å²) in [5, 5.41) is 11.5. The van der Waals surface area contributed by atoms with Crippen LogP contribution < -0.4 is 10.1 Å². The third-order valence-corrected chi connectivity index (χ3v) is 3.32. The van der Waals surface area contributed by atoms with Crippen LogP contribution in [0.25, 0.3) is 0 Å². The van der Waals surface area contributed by atoms with E-state index in [9.17, 15) is 9.59 Å². The largest absolute Gasteiger partial charge is 0.490 e. The standard InChI is InChI=1S/C20H18N2O4/c1-14(2)20(24)26-12-11-25-18-9-5-16(6-10-18)19(23)22-17-7-3-15(13-21)4-8-17/h3-10H,1,11-12H2,2H3,(H,22,23). The Morgan fingerprint density at radius 3 is 2.31 bits per heavy atom. The maximum absolute atomic E-state index is 12.2. The van der Waals surface area contributed by atoms with Crippen LogP contribution in [-0.2, 0) is 9.53 Å². The molecule has 0 saturated carbocycles. The molecule has 0 fully saturated rings. The topological polar surface area (TPSA) is 88.4 Å². The predicted molar refractivity (Wildman–Crippen MR) is 96.8 cm³/mol. The fourth-order valence-electron chi connectivity index (χ4n) is 1.95. The highest BCUT2D eigenvalue weighted by Crippen LogP contribution is 2.15. The zero-order valence-corrected chi connectivity index (χ0v) is 14.3. The Balaban J connectivity index is 1.84. The van der Waals surface area contributed by atoms with Crippen molar-refractivity contribution in [3.63, 3.8) is 0 Å². The number of nitriles is 1. The molecule has 1 N–H and O–H groups in total. The molecule has 2 rings (SSSR count). The molecule has 6 nitrogen and oxygen atoms in total. The van der Waals surface area contributed by atoms with Crippen LogP contribution in [0, 0.1) is 11.3 Å². The molecule has 0 aliphatic heterocycles. The second-order valence-electron chi connectivity index (χ2n) is 5.43. The molecule has 0 aliphatic rings. The average Bonchev–Trinajstić information content (AvgIpc) is 2.66. The molecule has 2 aromatic carbocycles. The minimum Gasteiger partial charge on any atom is -0.490 e. The SMILES string of the molecule is C=C(C)C(=O)OCCOc1ccc(C(=O)Nc2ccc(C#N)cc2)cc1. The number of esters is 1. The second kappa shape index (κ2) is 9.04. The Labute approximate surface area is 151 Å². The van der Waals surface area contributed by atoms with Crippen molar-refractivity contribution in [2.45, 2.75) is 6.92 Å². The lowest BCUT2D eigenvalue weighted by molar-refractivity contribution is -0.139. The molecular weight excluding hydrogens is 332 g/mol. The van der Waals surface area contributed by atoms with Gasteiger partial charge in [-0.15, -0.1) is 0 Å². The molecular formula is C20H18N2O4. The van der Waals surface area contributed by atoms with Crippen molar-refractivity contribution in [2.24, 2.45) is 0 Å². The fraction of sp³-hybridized carbons (Fsp3) is 0.150. The molecule has 0 heterocycles. The van der Waals surface area contributed by atoms with Gasteiger partial charge < -0.3 is 14.8 Å². The first-order valence-electron chi connectivity index (χ1n) is 7.86. The Morgan fingerprint density at radius 1 is 1.08 bits per heavy atom. The van der Waals surface area contributed by atoms with Gasteiger partial charge in [0.2, 0.25) is 0 Å². The molecule has 6 heteroatoms. The molecule has 0 saturated heterocycles. The van der Waals surface area contributed by atoms with E-state index in [1.54, 1.807) is 55.5 Å². The number of ether oxygens (including phenoxy) is 2. The van der Waals surface area contributed by atoms with Crippen LogP contribution in [0.3, 0.4) is 0 Å². The number of carbonyl (C=O) groups excluding carboxylic acids is 2. The van der Waals surface area contributed by atoms with Crippen molar-refractivity contribution in [2.75, 3.05) is 18.5 Å². The molecule has 0 aliphatic carbocycles. The number of rotatable bonds is 7. The average molecular weight is 350 g/mol. The molecule has 1 amide bonds. The number of carbonyl (C=O) groups is 2. The Bertz CT molecular complexity index is 834. The lowest BCUT2D eigenvalue weighted by Crippen LogP contribution is -2.13. The number of amides is 1. The van der Waals surface area contributed by atoms with Crippen LogP contribution in [-0.4, -0.2) is 25.1 Å². The summed E-state index contributed by atoms with van der Waals surface area (Å²) in [7, 11) is 0. The number of hydrogen-bond donors (Lipinski definition) is 1. The first-order chi connectivity index (χ1) is 12.5. The molecule has 26 heavy (non-hydrogen) atoms. The van der Waals surface area contributed by atoms with E-state index in [1.807, 2.05) is 6.07 Å². The minimum absolute atomic E-state index is 0.118. The van der Waals surface area contributed by atoms with Gasteiger partial charge in [-0.05, 0) is 55.5 Å². The van der Waals surface area contributed by atoms with Gasteiger partial charge in [0.25, 0.3) is 5.91 Å². The van der Waals surface area contributed by atoms with Gasteiger partial charge in [-0.3, -0.25) is 4.79 Å². The molecule has 0 radical (unpaired) electrons. The van der Waals surface area contributed by atoms with Crippen LogP contribution in [0.1, 0.15) is 22.8 Å². The zero-order chi connectivity index (χ0) is 18.9. The van der Waals surface area contributed by atoms with E-state index in [-0.39, 0.29) is 19.1 Å². The number of nitrogens with one attached hydrogen (secondary N) is 1. The maximum atomic E-state index is 12.2. The summed E-state index contributed by atoms with van der Waals surface area (Å²) < 4.78 is 10.4. The second-order valence-corrected chi connectivity index (χ2v) is 5.43. The number of anilines is 1. The van der Waals surface area contributed by atoms with Crippen LogP contribution in [0.2, 0.25) is 0 Å². The highest BCUT2D eigenvalue weighted by molar-refractivity contribution is 6.04. The molecule has 0 unspecified atom stereocenters. The van der Waals surface area contributed by atoms with Crippen LogP contribution >= 0.6 is 0 Å². The van der Waals surface area contributed by atoms with E-state index in [4.69, 9.17) is 14.7 Å². The van der Waals surface area contributed by atoms with Crippen molar-refractivity contribution >= 4 is 17.6 Å². The van der Waals surface area contributed by atoms with Crippen LogP contribution in [0.4, 0.5) is 5.69 Å². The van der Waals surface area contributed by atoms with Gasteiger partial charge in [0, 0.05) is 16.8 Å². The van der Waals surface area contributed by atoms with Crippen LogP contribution in [0.5, 0.6) is 5.75 Å². The molecule has 0 atom stereocenters. The van der Waals surface area contributed by atoms with E-state index < -0.39 is 5.97 Å². The van der Waals surface area contributed by atoms with Gasteiger partial charge in [0.15, 0.2) is 0 Å². The third kappa shape index (κ3) is 5.49. The Morgan fingerprint density at radius 2 is 1.73 bits per heavy atom. The summed E-state index contributed by atoms with van der Waals surface area (Å²) in [5.74, 6) is -0.161. The number of benzene rings is 2. The summed E-state index contributed by atoms with van der Waals surface area (Å²) in [4.78, 5) is 23.4. The zero-order valence-electron chi connectivity index (χ0n) is 14.3. The van der Waals surface area contributed by atoms with E-state index in [1.165, 1.54) is 0 Å². The van der Waals surface area contributed by atoms with Crippen molar-refractivity contribution in [3.05, 3.63) is 71.8 Å². The van der Waals surface area contributed by atoms with Crippen molar-refractivity contribution in [1.29, 1.82) is 5.26 Å². The van der Waals surface area contributed by atoms with Crippen LogP contribution in [0.15, 0.2) is 60.7 Å². The summed E-state index contributed by atoms with van der Waals surface area (Å²) >= 11 is 0. The minimum atomic E-state index is -0.455. The first-order valence-corrected chi connectivity index (χ1v) is 7.86. The Kier molecular flexibility index (Phi) is 6.52. The lowest BCUT2D eigenvalue weighted by Gasteiger charge is -2.09. The Hall–Kier alpha value is -3.59. The van der Waals surface area contributed by atoms with Crippen molar-refractivity contribution < 1.29 is 19.1 Å². The maximum Gasteiger partial charge on any atom is 0.333 e. The third-order valence-electron chi connectivity index (χ3n) is 3.32. The van der Waals surface area contributed by atoms with Crippen molar-refractivity contribution in [3.8, 4) is 11.8 Å². The lowest BCUT2D eigenvalue weighted by atomic mass is 10.2.